The zero-order chi connectivity index (χ0) is 19.4. The molecule has 0 aromatic heterocycles. The second kappa shape index (κ2) is 7.89. The minimum atomic E-state index is -3.70. The van der Waals surface area contributed by atoms with Crippen LogP contribution in [0.5, 0.6) is 0 Å². The Bertz CT molecular complexity index is 927. The van der Waals surface area contributed by atoms with Gasteiger partial charge in [0.05, 0.1) is 16.7 Å². The molecule has 7 nitrogen and oxygen atoms in total. The van der Waals surface area contributed by atoms with E-state index in [1.54, 1.807) is 24.3 Å². The molecular weight excluding hydrogens is 366 g/mol. The minimum Gasteiger partial charge on any atom is -0.356 e. The highest BCUT2D eigenvalue weighted by atomic mass is 32.2. The van der Waals surface area contributed by atoms with E-state index in [2.05, 4.69) is 10.6 Å². The highest BCUT2D eigenvalue weighted by Gasteiger charge is 2.47. The van der Waals surface area contributed by atoms with Crippen molar-refractivity contribution in [3.8, 4) is 0 Å². The van der Waals surface area contributed by atoms with E-state index in [4.69, 9.17) is 5.14 Å². The van der Waals surface area contributed by atoms with E-state index in [1.807, 2.05) is 18.2 Å². The van der Waals surface area contributed by atoms with E-state index >= 15 is 0 Å². The van der Waals surface area contributed by atoms with Crippen molar-refractivity contribution < 1.29 is 18.0 Å². The summed E-state index contributed by atoms with van der Waals surface area (Å²) < 4.78 is 22.4. The first-order chi connectivity index (χ1) is 12.8. The number of anilines is 1. The summed E-state index contributed by atoms with van der Waals surface area (Å²) in [5, 5.41) is 10.7. The van der Waals surface area contributed by atoms with Crippen LogP contribution in [0.4, 0.5) is 5.69 Å². The molecule has 2 amide bonds. The van der Waals surface area contributed by atoms with Gasteiger partial charge in [0.25, 0.3) is 0 Å². The highest BCUT2D eigenvalue weighted by Crippen LogP contribution is 2.39. The summed E-state index contributed by atoms with van der Waals surface area (Å²) >= 11 is 0. The zero-order valence-corrected chi connectivity index (χ0v) is 15.4. The number of hydrogen-bond donors (Lipinski definition) is 3. The van der Waals surface area contributed by atoms with Gasteiger partial charge in [-0.1, -0.05) is 30.3 Å². The van der Waals surface area contributed by atoms with Crippen molar-refractivity contribution in [1.29, 1.82) is 0 Å². The Morgan fingerprint density at radius 2 is 1.59 bits per heavy atom. The molecule has 4 N–H and O–H groups in total. The molecule has 1 fully saturated rings. The molecule has 0 radical (unpaired) electrons. The molecular formula is C19H21N3O4S. The third-order valence-electron chi connectivity index (χ3n) is 4.47. The van der Waals surface area contributed by atoms with E-state index in [9.17, 15) is 18.0 Å². The predicted molar refractivity (Wildman–Crippen MR) is 101 cm³/mol. The van der Waals surface area contributed by atoms with Gasteiger partial charge in [-0.25, -0.2) is 13.6 Å². The highest BCUT2D eigenvalue weighted by molar-refractivity contribution is 7.89. The Morgan fingerprint density at radius 1 is 0.963 bits per heavy atom. The lowest BCUT2D eigenvalue weighted by Crippen LogP contribution is -2.29. The maximum absolute atomic E-state index is 12.2. The van der Waals surface area contributed by atoms with Crippen LogP contribution in [0.2, 0.25) is 0 Å². The van der Waals surface area contributed by atoms with Crippen LogP contribution in [0.3, 0.4) is 0 Å². The monoisotopic (exact) mass is 387 g/mol. The zero-order valence-electron chi connectivity index (χ0n) is 14.6. The first kappa shape index (κ1) is 19.1. The summed E-state index contributed by atoms with van der Waals surface area (Å²) in [5.41, 5.74) is 1.60. The van der Waals surface area contributed by atoms with E-state index in [0.717, 1.165) is 11.3 Å². The Morgan fingerprint density at radius 3 is 2.22 bits per heavy atom. The number of hydrogen-bond acceptors (Lipinski definition) is 4. The average molecular weight is 387 g/mol. The number of carbonyl (C=O) groups is 2. The van der Waals surface area contributed by atoms with Crippen molar-refractivity contribution in [2.45, 2.75) is 17.7 Å². The molecule has 0 bridgehead atoms. The number of carbonyl (C=O) groups excluding carboxylic acids is 2. The number of para-hydroxylation sites is 1. The fraction of sp³-hybridized carbons (Fsp3) is 0.263. The number of nitrogens with one attached hydrogen (secondary N) is 2. The van der Waals surface area contributed by atoms with E-state index < -0.39 is 10.0 Å². The fourth-order valence-corrected chi connectivity index (χ4v) is 3.35. The number of sulfonamides is 1. The lowest BCUT2D eigenvalue weighted by atomic mass is 10.1. The van der Waals surface area contributed by atoms with Crippen molar-refractivity contribution in [3.05, 3.63) is 60.2 Å². The Balaban J connectivity index is 1.42. The molecule has 2 aromatic carbocycles. The molecule has 142 valence electrons. The van der Waals surface area contributed by atoms with Gasteiger partial charge in [-0.15, -0.1) is 0 Å². The van der Waals surface area contributed by atoms with Crippen LogP contribution < -0.4 is 15.8 Å². The van der Waals surface area contributed by atoms with Crippen LogP contribution in [0.25, 0.3) is 0 Å². The molecule has 0 spiro atoms. The molecule has 27 heavy (non-hydrogen) atoms. The summed E-state index contributed by atoms with van der Waals surface area (Å²) in [6.07, 6.45) is 1.11. The molecule has 1 aliphatic carbocycles. The molecule has 2 unspecified atom stereocenters. The van der Waals surface area contributed by atoms with Crippen LogP contribution in [0, 0.1) is 11.8 Å². The van der Waals surface area contributed by atoms with Crippen molar-refractivity contribution >= 4 is 27.5 Å². The second-order valence-corrected chi connectivity index (χ2v) is 8.10. The lowest BCUT2D eigenvalue weighted by molar-refractivity contribution is -0.125. The van der Waals surface area contributed by atoms with Gasteiger partial charge in [-0.3, -0.25) is 9.59 Å². The smallest absolute Gasteiger partial charge is 0.238 e. The number of rotatable bonds is 7. The van der Waals surface area contributed by atoms with Gasteiger partial charge in [0, 0.05) is 12.2 Å². The second-order valence-electron chi connectivity index (χ2n) is 6.53. The van der Waals surface area contributed by atoms with E-state index in [-0.39, 0.29) is 28.5 Å². The summed E-state index contributed by atoms with van der Waals surface area (Å²) in [5.74, 6) is -0.859. The van der Waals surface area contributed by atoms with Crippen molar-refractivity contribution in [3.63, 3.8) is 0 Å². The van der Waals surface area contributed by atoms with Gasteiger partial charge in [0.15, 0.2) is 0 Å². The lowest BCUT2D eigenvalue weighted by Gasteiger charge is -2.07. The molecule has 8 heteroatoms. The summed E-state index contributed by atoms with van der Waals surface area (Å²) in [6.45, 7) is 0.414. The van der Waals surface area contributed by atoms with Gasteiger partial charge in [0.2, 0.25) is 21.8 Å². The molecule has 0 aliphatic heterocycles. The SMILES string of the molecule is NS(=O)(=O)c1ccc(CCNC(=O)C2CC2C(=O)Nc2ccccc2)cc1. The summed E-state index contributed by atoms with van der Waals surface area (Å²) in [6, 6.07) is 15.4. The standard InChI is InChI=1S/C19H21N3O4S/c20-27(25,26)15-8-6-13(7-9-15)10-11-21-18(23)16-12-17(16)19(24)22-14-4-2-1-3-5-14/h1-9,16-17H,10-12H2,(H,21,23)(H,22,24)(H2,20,25,26). The van der Waals surface area contributed by atoms with Gasteiger partial charge in [0.1, 0.15) is 0 Å². The summed E-state index contributed by atoms with van der Waals surface area (Å²) in [7, 11) is -3.70. The molecule has 0 saturated heterocycles. The average Bonchev–Trinajstić information content (AvgIpc) is 3.43. The minimum absolute atomic E-state index is 0.0561. The molecule has 1 saturated carbocycles. The molecule has 3 rings (SSSR count). The number of benzene rings is 2. The molecule has 1 aliphatic rings. The molecule has 2 aromatic rings. The Kier molecular flexibility index (Phi) is 5.57. The van der Waals surface area contributed by atoms with Crippen LogP contribution in [-0.4, -0.2) is 26.8 Å². The van der Waals surface area contributed by atoms with Crippen molar-refractivity contribution in [1.82, 2.24) is 5.32 Å². The van der Waals surface area contributed by atoms with Gasteiger partial charge in [-0.2, -0.15) is 0 Å². The van der Waals surface area contributed by atoms with Crippen molar-refractivity contribution in [2.24, 2.45) is 17.0 Å². The molecule has 0 heterocycles. The van der Waals surface area contributed by atoms with Crippen LogP contribution >= 0.6 is 0 Å². The van der Waals surface area contributed by atoms with Crippen LogP contribution in [0.15, 0.2) is 59.5 Å². The summed E-state index contributed by atoms with van der Waals surface area (Å²) in [4.78, 5) is 24.4. The molecule has 2 atom stereocenters. The number of primary sulfonamides is 1. The first-order valence-electron chi connectivity index (χ1n) is 8.60. The topological polar surface area (TPSA) is 118 Å². The van der Waals surface area contributed by atoms with Gasteiger partial charge >= 0.3 is 0 Å². The third kappa shape index (κ3) is 5.15. The largest absolute Gasteiger partial charge is 0.356 e. The van der Waals surface area contributed by atoms with Crippen LogP contribution in [0.1, 0.15) is 12.0 Å². The number of nitrogens with two attached hydrogens (primary N) is 1. The third-order valence-corrected chi connectivity index (χ3v) is 5.40. The predicted octanol–water partition coefficient (Wildman–Crippen LogP) is 1.27. The van der Waals surface area contributed by atoms with Gasteiger partial charge < -0.3 is 10.6 Å². The maximum atomic E-state index is 12.2. The first-order valence-corrected chi connectivity index (χ1v) is 10.1. The quantitative estimate of drug-likeness (QED) is 0.663. The van der Waals surface area contributed by atoms with E-state index in [0.29, 0.717) is 19.4 Å². The number of amides is 2. The van der Waals surface area contributed by atoms with E-state index in [1.165, 1.54) is 12.1 Å². The Labute approximate surface area is 158 Å². The van der Waals surface area contributed by atoms with Gasteiger partial charge in [-0.05, 0) is 42.7 Å². The maximum Gasteiger partial charge on any atom is 0.238 e. The van der Waals surface area contributed by atoms with Crippen molar-refractivity contribution in [2.75, 3.05) is 11.9 Å². The Hall–Kier alpha value is -2.71. The van der Waals surface area contributed by atoms with Crippen LogP contribution in [-0.2, 0) is 26.0 Å². The fourth-order valence-electron chi connectivity index (χ4n) is 2.84. The normalized spacial score (nSPS) is 18.6.